The van der Waals surface area contributed by atoms with Gasteiger partial charge in [-0.25, -0.2) is 5.06 Å². The number of nitrogens with zero attached hydrogens (tertiary/aromatic N) is 1. The number of hydroxylamine groups is 2. The lowest BCUT2D eigenvalue weighted by atomic mass is 9.44. The maximum Gasteiger partial charge on any atom is 0.249 e. The molecule has 4 aliphatic rings. The highest BCUT2D eigenvalue weighted by Gasteiger charge is 2.61. The molecule has 0 N–H and O–H groups in total. The number of hydrogen-bond donors (Lipinski definition) is 0. The zero-order valence-corrected chi connectivity index (χ0v) is 17.6. The summed E-state index contributed by atoms with van der Waals surface area (Å²) < 4.78 is 0. The second kappa shape index (κ2) is 6.50. The highest BCUT2D eigenvalue weighted by atomic mass is 16.7. The molecule has 0 spiro atoms. The van der Waals surface area contributed by atoms with Crippen molar-refractivity contribution in [3.05, 3.63) is 0 Å². The average Bonchev–Trinajstić information content (AvgIpc) is 2.98. The van der Waals surface area contributed by atoms with Crippen molar-refractivity contribution in [1.82, 2.24) is 5.06 Å². The van der Waals surface area contributed by atoms with Gasteiger partial charge in [-0.3, -0.25) is 9.63 Å². The van der Waals surface area contributed by atoms with Crippen molar-refractivity contribution < 1.29 is 9.63 Å². The van der Waals surface area contributed by atoms with Gasteiger partial charge in [-0.2, -0.15) is 0 Å². The van der Waals surface area contributed by atoms with E-state index >= 15 is 0 Å². The number of carbonyl (C=O) groups is 1. The molecule has 0 heterocycles. The van der Waals surface area contributed by atoms with Gasteiger partial charge < -0.3 is 0 Å². The Morgan fingerprint density at radius 1 is 0.962 bits per heavy atom. The molecule has 0 aliphatic heterocycles. The predicted octanol–water partition coefficient (Wildman–Crippen LogP) is 5.30. The highest BCUT2D eigenvalue weighted by molar-refractivity contribution is 5.79. The van der Waals surface area contributed by atoms with Crippen molar-refractivity contribution in [3.8, 4) is 0 Å². The lowest BCUT2D eigenvalue weighted by Gasteiger charge is -2.61. The molecule has 4 fully saturated rings. The molecule has 1 amide bonds. The summed E-state index contributed by atoms with van der Waals surface area (Å²) in [6.07, 6.45) is 12.1. The molecule has 148 valence electrons. The van der Waals surface area contributed by atoms with E-state index in [1.54, 1.807) is 14.2 Å². The van der Waals surface area contributed by atoms with E-state index in [2.05, 4.69) is 20.8 Å². The average molecular weight is 362 g/mol. The summed E-state index contributed by atoms with van der Waals surface area (Å²) in [4.78, 5) is 18.2. The monoisotopic (exact) mass is 361 g/mol. The SMILES string of the molecule is CON(C)C(=O)[C@H]1CCC2C3CCC4CC(C)CCC4(C)C3CCC21C. The van der Waals surface area contributed by atoms with Crippen molar-refractivity contribution >= 4 is 5.91 Å². The number of amides is 1. The van der Waals surface area contributed by atoms with Crippen LogP contribution in [0.3, 0.4) is 0 Å². The first-order valence-electron chi connectivity index (χ1n) is 11.1. The summed E-state index contributed by atoms with van der Waals surface area (Å²) in [6, 6.07) is 0. The van der Waals surface area contributed by atoms with Crippen molar-refractivity contribution in [2.75, 3.05) is 14.2 Å². The molecule has 4 aliphatic carbocycles. The fourth-order valence-corrected chi connectivity index (χ4v) is 8.19. The molecule has 0 aromatic heterocycles. The van der Waals surface area contributed by atoms with Gasteiger partial charge in [0.1, 0.15) is 0 Å². The molecule has 0 aromatic carbocycles. The van der Waals surface area contributed by atoms with E-state index in [-0.39, 0.29) is 17.2 Å². The first-order chi connectivity index (χ1) is 12.3. The maximum absolute atomic E-state index is 12.9. The van der Waals surface area contributed by atoms with Gasteiger partial charge in [0.15, 0.2) is 0 Å². The second-order valence-corrected chi connectivity index (χ2v) is 10.7. The number of rotatable bonds is 2. The van der Waals surface area contributed by atoms with Crippen LogP contribution in [0.4, 0.5) is 0 Å². The van der Waals surface area contributed by atoms with Crippen LogP contribution < -0.4 is 0 Å². The van der Waals surface area contributed by atoms with Crippen LogP contribution in [0.15, 0.2) is 0 Å². The summed E-state index contributed by atoms with van der Waals surface area (Å²) in [5.41, 5.74) is 0.762. The van der Waals surface area contributed by atoms with E-state index in [9.17, 15) is 4.79 Å². The van der Waals surface area contributed by atoms with Crippen LogP contribution in [0, 0.1) is 46.3 Å². The molecule has 8 atom stereocenters. The Morgan fingerprint density at radius 3 is 2.38 bits per heavy atom. The van der Waals surface area contributed by atoms with E-state index in [4.69, 9.17) is 4.84 Å². The molecular weight excluding hydrogens is 322 g/mol. The first kappa shape index (κ1) is 18.8. The summed E-state index contributed by atoms with van der Waals surface area (Å²) in [7, 11) is 3.38. The lowest BCUT2D eigenvalue weighted by Crippen LogP contribution is -2.54. The minimum atomic E-state index is 0.162. The zero-order chi connectivity index (χ0) is 18.7. The maximum atomic E-state index is 12.9. The number of hydrogen-bond acceptors (Lipinski definition) is 2. The minimum absolute atomic E-state index is 0.162. The van der Waals surface area contributed by atoms with Gasteiger partial charge in [0, 0.05) is 13.0 Å². The van der Waals surface area contributed by atoms with E-state index in [0.717, 1.165) is 36.0 Å². The minimum Gasteiger partial charge on any atom is -0.275 e. The lowest BCUT2D eigenvalue weighted by molar-refractivity contribution is -0.181. The second-order valence-electron chi connectivity index (χ2n) is 10.7. The van der Waals surface area contributed by atoms with Crippen LogP contribution in [-0.4, -0.2) is 25.1 Å². The van der Waals surface area contributed by atoms with Crippen LogP contribution in [0.5, 0.6) is 0 Å². The van der Waals surface area contributed by atoms with Crippen LogP contribution in [0.2, 0.25) is 0 Å². The normalized spacial score (nSPS) is 50.5. The summed E-state index contributed by atoms with van der Waals surface area (Å²) in [5, 5.41) is 1.48. The van der Waals surface area contributed by atoms with Crippen molar-refractivity contribution in [2.45, 2.75) is 78.6 Å². The Kier molecular flexibility index (Phi) is 4.69. The largest absolute Gasteiger partial charge is 0.275 e. The summed E-state index contributed by atoms with van der Waals surface area (Å²) >= 11 is 0. The Balaban J connectivity index is 1.57. The molecule has 26 heavy (non-hydrogen) atoms. The third kappa shape index (κ3) is 2.59. The van der Waals surface area contributed by atoms with E-state index in [0.29, 0.717) is 5.41 Å². The molecule has 3 nitrogen and oxygen atoms in total. The van der Waals surface area contributed by atoms with E-state index < -0.39 is 0 Å². The van der Waals surface area contributed by atoms with Gasteiger partial charge in [0.2, 0.25) is 5.91 Å². The Hall–Kier alpha value is -0.570. The molecule has 3 heteroatoms. The van der Waals surface area contributed by atoms with Crippen molar-refractivity contribution in [1.29, 1.82) is 0 Å². The standard InChI is InChI=1S/C23H39NO2/c1-15-10-12-22(2)16(14-15)6-7-17-18-8-9-20(21(25)24(4)26-5)23(18,3)13-11-19(17)22/h15-20H,6-14H2,1-5H3/t15?,16?,17?,18?,19?,20-,22?,23?/m1/s1. The van der Waals surface area contributed by atoms with Crippen molar-refractivity contribution in [3.63, 3.8) is 0 Å². The molecule has 0 aromatic rings. The van der Waals surface area contributed by atoms with Crippen LogP contribution in [0.1, 0.15) is 78.6 Å². The molecule has 0 saturated heterocycles. The third-order valence-electron chi connectivity index (χ3n) is 9.81. The Morgan fingerprint density at radius 2 is 1.65 bits per heavy atom. The van der Waals surface area contributed by atoms with Gasteiger partial charge in [0.25, 0.3) is 0 Å². The number of carbonyl (C=O) groups excluding carboxylic acids is 1. The topological polar surface area (TPSA) is 29.5 Å². The molecule has 4 rings (SSSR count). The van der Waals surface area contributed by atoms with E-state index in [1.165, 1.54) is 56.4 Å². The third-order valence-corrected chi connectivity index (χ3v) is 9.81. The van der Waals surface area contributed by atoms with Crippen LogP contribution in [0.25, 0.3) is 0 Å². The highest BCUT2D eigenvalue weighted by Crippen LogP contribution is 2.67. The van der Waals surface area contributed by atoms with Gasteiger partial charge in [-0.15, -0.1) is 0 Å². The summed E-state index contributed by atoms with van der Waals surface area (Å²) in [6.45, 7) is 7.53. The predicted molar refractivity (Wildman–Crippen MR) is 104 cm³/mol. The fraction of sp³-hybridized carbons (Fsp3) is 0.957. The fourth-order valence-electron chi connectivity index (χ4n) is 8.19. The molecule has 0 radical (unpaired) electrons. The van der Waals surface area contributed by atoms with Gasteiger partial charge in [-0.05, 0) is 91.8 Å². The van der Waals surface area contributed by atoms with Crippen LogP contribution >= 0.6 is 0 Å². The summed E-state index contributed by atoms with van der Waals surface area (Å²) in [5.74, 6) is 4.76. The molecule has 7 unspecified atom stereocenters. The van der Waals surface area contributed by atoms with Crippen molar-refractivity contribution in [2.24, 2.45) is 46.3 Å². The quantitative estimate of drug-likeness (QED) is 0.625. The first-order valence-corrected chi connectivity index (χ1v) is 11.1. The van der Waals surface area contributed by atoms with Gasteiger partial charge in [-0.1, -0.05) is 27.2 Å². The van der Waals surface area contributed by atoms with Gasteiger partial charge >= 0.3 is 0 Å². The van der Waals surface area contributed by atoms with Gasteiger partial charge in [0.05, 0.1) is 7.11 Å². The molecule has 4 saturated carbocycles. The Labute approximate surface area is 160 Å². The number of fused-ring (bicyclic) bond motifs is 5. The Bertz CT molecular complexity index is 562. The molecular formula is C23H39NO2. The zero-order valence-electron chi connectivity index (χ0n) is 17.6. The smallest absolute Gasteiger partial charge is 0.249 e. The van der Waals surface area contributed by atoms with E-state index in [1.807, 2.05) is 0 Å². The van der Waals surface area contributed by atoms with Crippen LogP contribution in [-0.2, 0) is 9.63 Å². The molecule has 0 bridgehead atoms.